The van der Waals surface area contributed by atoms with Crippen LogP contribution in [0.1, 0.15) is 73.8 Å². The predicted molar refractivity (Wildman–Crippen MR) is 153 cm³/mol. The van der Waals surface area contributed by atoms with Gasteiger partial charge in [0, 0.05) is 98.1 Å². The van der Waals surface area contributed by atoms with E-state index in [1.54, 1.807) is 6.92 Å². The summed E-state index contributed by atoms with van der Waals surface area (Å²) in [4.78, 5) is 0. The maximum Gasteiger partial charge on any atom is 0 e. The number of nitrogen functional groups attached to an aromatic ring is 2. The molecule has 39 heavy (non-hydrogen) atoms. The Hall–Kier alpha value is -0.228. The van der Waals surface area contributed by atoms with E-state index in [2.05, 4.69) is 43.7 Å². The maximum absolute atomic E-state index is 5.85. The molecule has 9 heteroatoms. The van der Waals surface area contributed by atoms with Crippen LogP contribution in [0, 0.1) is 85.3 Å². The Kier molecular flexibility index (Phi) is 22.0. The van der Waals surface area contributed by atoms with E-state index in [9.17, 15) is 0 Å². The van der Waals surface area contributed by atoms with Crippen LogP contribution >= 0.6 is 0 Å². The molecule has 0 saturated carbocycles. The summed E-state index contributed by atoms with van der Waals surface area (Å²) in [5.74, 6) is 1.38. The first-order valence-corrected chi connectivity index (χ1v) is 11.9. The third-order valence-corrected chi connectivity index (χ3v) is 6.59. The van der Waals surface area contributed by atoms with Crippen LogP contribution in [0.5, 0.6) is 0 Å². The van der Waals surface area contributed by atoms with E-state index in [1.807, 2.05) is 82.9 Å². The van der Waals surface area contributed by atoms with Gasteiger partial charge in [-0.2, -0.15) is 5.82 Å². The zero-order valence-corrected chi connectivity index (χ0v) is 34.3. The Balaban J connectivity index is -0.000000480. The van der Waals surface area contributed by atoms with E-state index in [0.29, 0.717) is 5.82 Å². The Morgan fingerprint density at radius 2 is 1.00 bits per heavy atom. The third kappa shape index (κ3) is 11.2. The molecule has 3 heterocycles. The molecule has 0 aliphatic heterocycles. The second-order valence-corrected chi connectivity index (χ2v) is 8.74. The molecule has 0 fully saturated rings. The number of anilines is 2. The largest absolute Gasteiger partial charge is 0.533 e. The molecule has 0 spiro atoms. The van der Waals surface area contributed by atoms with Gasteiger partial charge in [0.1, 0.15) is 0 Å². The molecule has 0 aliphatic carbocycles. The number of aryl methyl sites for hydroxylation is 2. The number of hydrogen-bond donors (Lipinski definition) is 3. The molecule has 3 aromatic heterocycles. The van der Waals surface area contributed by atoms with Crippen LogP contribution in [-0.4, -0.2) is 13.7 Å². The molecule has 0 amide bonds. The standard InChI is InChI=1S/3C10H14N2.3Y/c1-5-10(11)12-6-7(2)8(3)9(12)4;1-5-8(3)12-6-7(2)9(4)10(12)11;1-5-7(2)12-6-10(11)8(3)9(12)4;;;/h3*11H2,1-4H3;;;/q3*-2;;;. The third-order valence-electron chi connectivity index (χ3n) is 6.59. The van der Waals surface area contributed by atoms with Crippen LogP contribution in [0.2, 0.25) is 0 Å². The number of allylic oxidation sites excluding steroid dienone is 5. The monoisotopic (exact) mass is 753 g/mol. The van der Waals surface area contributed by atoms with Crippen molar-refractivity contribution < 1.29 is 98.1 Å². The molecule has 0 aliphatic rings. The van der Waals surface area contributed by atoms with Crippen molar-refractivity contribution in [3.05, 3.63) is 76.0 Å². The molecule has 6 nitrogen and oxygen atoms in total. The number of nitrogens with two attached hydrogens (primary N) is 3. The fraction of sp³-hybridized carbons (Fsp3) is 0.400. The van der Waals surface area contributed by atoms with Crippen LogP contribution in [-0.2, 0) is 98.1 Å². The zero-order chi connectivity index (χ0) is 27.9. The zero-order valence-electron chi connectivity index (χ0n) is 25.8. The topological polar surface area (TPSA) is 92.8 Å². The van der Waals surface area contributed by atoms with Gasteiger partial charge >= 0.3 is 0 Å². The first-order valence-electron chi connectivity index (χ1n) is 11.9. The fourth-order valence-corrected chi connectivity index (χ4v) is 3.27. The molecular weight excluding hydrogens is 711 g/mol. The van der Waals surface area contributed by atoms with E-state index >= 15 is 0 Å². The normalized spacial score (nSPS) is 11.2. The summed E-state index contributed by atoms with van der Waals surface area (Å²) in [5.41, 5.74) is 28.0. The average Bonchev–Trinajstić information content (AvgIpc) is 3.40. The molecule has 3 aromatic rings. The molecule has 3 rings (SSSR count). The van der Waals surface area contributed by atoms with Crippen molar-refractivity contribution >= 4 is 28.7 Å². The van der Waals surface area contributed by atoms with Gasteiger partial charge in [0.25, 0.3) is 0 Å². The summed E-state index contributed by atoms with van der Waals surface area (Å²) < 4.78 is 5.61. The number of hydrogen-bond acceptors (Lipinski definition) is 3. The second-order valence-electron chi connectivity index (χ2n) is 8.74. The molecule has 0 unspecified atom stereocenters. The van der Waals surface area contributed by atoms with Gasteiger partial charge in [-0.1, -0.05) is 74.7 Å². The first-order chi connectivity index (χ1) is 16.7. The van der Waals surface area contributed by atoms with Gasteiger partial charge in [-0.05, 0) is 17.7 Å². The van der Waals surface area contributed by atoms with Gasteiger partial charge in [0.05, 0.1) is 0 Å². The van der Waals surface area contributed by atoms with E-state index < -0.39 is 0 Å². The Morgan fingerprint density at radius 3 is 1.31 bits per heavy atom. The molecular formula is C30H42N6Y3-6. The molecule has 0 saturated heterocycles. The molecule has 3 radical (unpaired) electrons. The minimum atomic E-state index is 0. The summed E-state index contributed by atoms with van der Waals surface area (Å²) in [5, 5.41) is 0. The smallest absolute Gasteiger partial charge is 0 e. The van der Waals surface area contributed by atoms with Gasteiger partial charge in [-0.3, -0.25) is 0 Å². The molecule has 0 aromatic carbocycles. The Labute approximate surface area is 312 Å². The summed E-state index contributed by atoms with van der Waals surface area (Å²) in [6.45, 7) is 23.7. The van der Waals surface area contributed by atoms with Crippen molar-refractivity contribution in [1.29, 1.82) is 0 Å². The summed E-state index contributed by atoms with van der Waals surface area (Å²) in [6.07, 6.45) is 18.3. The quantitative estimate of drug-likeness (QED) is 0.282. The van der Waals surface area contributed by atoms with Gasteiger partial charge in [-0.25, -0.2) is 32.2 Å². The van der Waals surface area contributed by atoms with Crippen LogP contribution in [0.25, 0.3) is 17.2 Å². The predicted octanol–water partition coefficient (Wildman–Crippen LogP) is 6.13. The number of rotatable bonds is 3. The number of nitrogens with zero attached hydrogens (tertiary/aromatic N) is 3. The summed E-state index contributed by atoms with van der Waals surface area (Å²) in [7, 11) is 0. The Morgan fingerprint density at radius 1 is 0.590 bits per heavy atom. The van der Waals surface area contributed by atoms with Crippen molar-refractivity contribution in [2.45, 2.75) is 83.1 Å². The molecule has 207 valence electrons. The summed E-state index contributed by atoms with van der Waals surface area (Å²) in [6, 6.07) is 0. The minimum absolute atomic E-state index is 0. The molecule has 0 bridgehead atoms. The van der Waals surface area contributed by atoms with Crippen molar-refractivity contribution in [2.75, 3.05) is 11.5 Å². The van der Waals surface area contributed by atoms with Crippen molar-refractivity contribution in [1.82, 2.24) is 13.7 Å². The van der Waals surface area contributed by atoms with Crippen molar-refractivity contribution in [2.24, 2.45) is 5.73 Å². The molecule has 6 N–H and O–H groups in total. The van der Waals surface area contributed by atoms with E-state index in [4.69, 9.17) is 17.2 Å². The van der Waals surface area contributed by atoms with E-state index in [1.165, 1.54) is 5.56 Å². The Bertz CT molecular complexity index is 1130. The van der Waals surface area contributed by atoms with Crippen LogP contribution in [0.3, 0.4) is 0 Å². The summed E-state index contributed by atoms with van der Waals surface area (Å²) >= 11 is 0. The van der Waals surface area contributed by atoms with Crippen LogP contribution in [0.4, 0.5) is 11.5 Å². The maximum atomic E-state index is 5.85. The van der Waals surface area contributed by atoms with Crippen molar-refractivity contribution in [3.8, 4) is 0 Å². The number of aromatic nitrogens is 3. The van der Waals surface area contributed by atoms with Gasteiger partial charge in [-0.15, -0.1) is 39.2 Å². The van der Waals surface area contributed by atoms with E-state index in [0.717, 1.165) is 56.5 Å². The second kappa shape index (κ2) is 19.8. The molecule has 0 atom stereocenters. The first kappa shape index (κ1) is 43.2. The van der Waals surface area contributed by atoms with Gasteiger partial charge in [0.15, 0.2) is 0 Å². The van der Waals surface area contributed by atoms with Crippen LogP contribution < -0.4 is 17.2 Å². The SMILES string of the molecule is C[C-]=C(C)n1[c-]c(C)c(C)c1N.C[C-]=C(C)n1[c-]c(N)c(C)c1C.C[C-]=C(N)n1[c-]c(C)c(C)c1C.[Y].[Y].[Y]. The van der Waals surface area contributed by atoms with E-state index in [-0.39, 0.29) is 98.1 Å². The van der Waals surface area contributed by atoms with Gasteiger partial charge in [0.2, 0.25) is 0 Å². The minimum Gasteiger partial charge on any atom is -0.533 e. The van der Waals surface area contributed by atoms with Crippen LogP contribution in [0.15, 0.2) is 0 Å². The fourth-order valence-electron chi connectivity index (χ4n) is 3.27. The van der Waals surface area contributed by atoms with Gasteiger partial charge < -0.3 is 49.1 Å². The van der Waals surface area contributed by atoms with Crippen molar-refractivity contribution in [3.63, 3.8) is 0 Å². The average molecular weight is 753 g/mol.